The van der Waals surface area contributed by atoms with Gasteiger partial charge in [-0.2, -0.15) is 0 Å². The van der Waals surface area contributed by atoms with Gasteiger partial charge in [-0.15, -0.1) is 0 Å². The van der Waals surface area contributed by atoms with Gasteiger partial charge in [-0.05, 0) is 31.2 Å². The molecule has 2 aliphatic rings. The van der Waals surface area contributed by atoms with Gasteiger partial charge in [0, 0.05) is 18.2 Å². The van der Waals surface area contributed by atoms with Gasteiger partial charge in [-0.3, -0.25) is 14.3 Å². The van der Waals surface area contributed by atoms with Gasteiger partial charge in [-0.25, -0.2) is 14.3 Å². The number of H-pyrrole nitrogens is 1. The Balaban J connectivity index is 1.47. The number of ether oxygens (including phenoxy) is 1. The molecule has 2 aliphatic heterocycles. The zero-order valence-corrected chi connectivity index (χ0v) is 18.4. The Labute approximate surface area is 191 Å². The number of aromatic amines is 1. The van der Waals surface area contributed by atoms with Gasteiger partial charge in [0.15, 0.2) is 0 Å². The second-order valence-electron chi connectivity index (χ2n) is 8.51. The molecule has 8 nitrogen and oxygen atoms in total. The van der Waals surface area contributed by atoms with Crippen LogP contribution in [-0.4, -0.2) is 50.4 Å². The Bertz CT molecular complexity index is 1280. The van der Waals surface area contributed by atoms with E-state index in [-0.39, 0.29) is 6.42 Å². The summed E-state index contributed by atoms with van der Waals surface area (Å²) in [6.45, 7) is 3.28. The first-order valence-electron chi connectivity index (χ1n) is 11.2. The van der Waals surface area contributed by atoms with E-state index >= 15 is 0 Å². The van der Waals surface area contributed by atoms with Crippen LogP contribution in [0.1, 0.15) is 24.6 Å². The lowest BCUT2D eigenvalue weighted by atomic mass is 10.1. The van der Waals surface area contributed by atoms with E-state index < -0.39 is 29.7 Å². The van der Waals surface area contributed by atoms with Gasteiger partial charge >= 0.3 is 5.69 Å². The van der Waals surface area contributed by atoms with Crippen molar-refractivity contribution in [3.63, 3.8) is 0 Å². The van der Waals surface area contributed by atoms with E-state index in [9.17, 15) is 14.7 Å². The second kappa shape index (κ2) is 8.80. The monoisotopic (exact) mass is 447 g/mol. The molecule has 8 heteroatoms. The maximum atomic E-state index is 12.3. The van der Waals surface area contributed by atoms with Crippen LogP contribution in [0, 0.1) is 6.92 Å². The zero-order chi connectivity index (χ0) is 22.9. The zero-order valence-electron chi connectivity index (χ0n) is 18.4. The van der Waals surface area contributed by atoms with E-state index in [0.29, 0.717) is 12.0 Å². The standard InChI is InChI=1S/C25H26N4O4/c1-17-16-29(25(32)26-24(17)31)23-14-20(30)21(33-23)15-22-27(18-8-4-2-5-9-18)12-13-28(22)19-10-6-3-7-11-19/h2-11,16,20-21,23,30H,12-15H2,1H3/p+1/t20?,21-,23-/m1/s1. The van der Waals surface area contributed by atoms with Crippen molar-refractivity contribution in [2.45, 2.75) is 38.2 Å². The maximum Gasteiger partial charge on any atom is 0.330 e. The highest BCUT2D eigenvalue weighted by Gasteiger charge is 2.42. The molecule has 33 heavy (non-hydrogen) atoms. The number of aliphatic hydroxyl groups is 1. The molecule has 0 aliphatic carbocycles. The lowest BCUT2D eigenvalue weighted by Crippen LogP contribution is -2.35. The van der Waals surface area contributed by atoms with Crippen LogP contribution in [0.5, 0.6) is 0 Å². The number of hydrogen-bond acceptors (Lipinski definition) is 5. The summed E-state index contributed by atoms with van der Waals surface area (Å²) in [6, 6.07) is 20.3. The third-order valence-electron chi connectivity index (χ3n) is 6.35. The molecule has 0 bridgehead atoms. The number of benzene rings is 2. The molecule has 3 atom stereocenters. The summed E-state index contributed by atoms with van der Waals surface area (Å²) >= 11 is 0. The van der Waals surface area contributed by atoms with Gasteiger partial charge in [-0.1, -0.05) is 36.4 Å². The van der Waals surface area contributed by atoms with Crippen LogP contribution >= 0.6 is 0 Å². The molecule has 1 saturated heterocycles. The highest BCUT2D eigenvalue weighted by Crippen LogP contribution is 2.32. The van der Waals surface area contributed by atoms with Gasteiger partial charge in [0.05, 0.1) is 18.6 Å². The van der Waals surface area contributed by atoms with Crippen molar-refractivity contribution in [2.24, 2.45) is 0 Å². The summed E-state index contributed by atoms with van der Waals surface area (Å²) in [7, 11) is 0. The lowest BCUT2D eigenvalue weighted by molar-refractivity contribution is -0.430. The largest absolute Gasteiger partial charge is 0.390 e. The van der Waals surface area contributed by atoms with Crippen LogP contribution in [-0.2, 0) is 4.74 Å². The number of para-hydroxylation sites is 2. The first kappa shape index (κ1) is 21.4. The number of nitrogens with one attached hydrogen (secondary N) is 1. The predicted molar refractivity (Wildman–Crippen MR) is 125 cm³/mol. The summed E-state index contributed by atoms with van der Waals surface area (Å²) in [5.41, 5.74) is 1.65. The Morgan fingerprint density at radius 1 is 1.09 bits per heavy atom. The maximum absolute atomic E-state index is 12.3. The van der Waals surface area contributed by atoms with Crippen LogP contribution in [0.4, 0.5) is 11.4 Å². The van der Waals surface area contributed by atoms with E-state index in [1.807, 2.05) is 36.4 Å². The topological polar surface area (TPSA) is 90.6 Å². The van der Waals surface area contributed by atoms with E-state index in [2.05, 4.69) is 38.7 Å². The van der Waals surface area contributed by atoms with Crippen molar-refractivity contribution in [1.29, 1.82) is 0 Å². The van der Waals surface area contributed by atoms with Crippen LogP contribution in [0.3, 0.4) is 0 Å². The molecular formula is C25H27N4O4+. The minimum absolute atomic E-state index is 0.278. The molecule has 0 saturated carbocycles. The number of hydrogen-bond donors (Lipinski definition) is 2. The molecule has 1 fully saturated rings. The number of aryl methyl sites for hydroxylation is 1. The minimum atomic E-state index is -0.738. The molecule has 1 unspecified atom stereocenters. The predicted octanol–water partition coefficient (Wildman–Crippen LogP) is 2.15. The number of anilines is 1. The number of rotatable bonds is 5. The van der Waals surface area contributed by atoms with Crippen molar-refractivity contribution in [3.05, 3.63) is 93.3 Å². The fourth-order valence-corrected chi connectivity index (χ4v) is 4.65. The number of nitrogens with zero attached hydrogens (tertiary/aromatic N) is 3. The Hall–Kier alpha value is -3.49. The molecule has 0 amide bonds. The van der Waals surface area contributed by atoms with E-state index in [4.69, 9.17) is 4.74 Å². The summed E-state index contributed by atoms with van der Waals surface area (Å²) < 4.78 is 9.80. The summed E-state index contributed by atoms with van der Waals surface area (Å²) in [5, 5.41) is 10.8. The SMILES string of the molecule is Cc1cn([C@H]2CC(O)[C@@H](CC3=[N+](c4ccccc4)CCN3c3ccccc3)O2)c(=O)[nH]c1=O. The van der Waals surface area contributed by atoms with E-state index in [0.717, 1.165) is 30.3 Å². The molecule has 1 aromatic heterocycles. The summed E-state index contributed by atoms with van der Waals surface area (Å²) in [5.74, 6) is 1.04. The average Bonchev–Trinajstić information content (AvgIpc) is 3.41. The van der Waals surface area contributed by atoms with Crippen molar-refractivity contribution in [1.82, 2.24) is 9.55 Å². The lowest BCUT2D eigenvalue weighted by Gasteiger charge is -2.19. The highest BCUT2D eigenvalue weighted by atomic mass is 16.5. The number of aromatic nitrogens is 2. The van der Waals surface area contributed by atoms with Crippen LogP contribution in [0.2, 0.25) is 0 Å². The molecule has 0 radical (unpaired) electrons. The van der Waals surface area contributed by atoms with Crippen LogP contribution in [0.15, 0.2) is 76.4 Å². The Morgan fingerprint density at radius 2 is 1.79 bits per heavy atom. The van der Waals surface area contributed by atoms with Gasteiger partial charge in [0.1, 0.15) is 30.7 Å². The van der Waals surface area contributed by atoms with Crippen molar-refractivity contribution in [2.75, 3.05) is 18.0 Å². The molecular weight excluding hydrogens is 420 g/mol. The van der Waals surface area contributed by atoms with Crippen molar-refractivity contribution in [3.8, 4) is 0 Å². The molecule has 2 aromatic carbocycles. The van der Waals surface area contributed by atoms with E-state index in [1.165, 1.54) is 10.8 Å². The van der Waals surface area contributed by atoms with Crippen LogP contribution in [0.25, 0.3) is 0 Å². The molecule has 0 spiro atoms. The third kappa shape index (κ3) is 4.15. The normalized spacial score (nSPS) is 22.8. The molecule has 170 valence electrons. The van der Waals surface area contributed by atoms with Crippen LogP contribution < -0.4 is 16.1 Å². The van der Waals surface area contributed by atoms with Crippen molar-refractivity contribution < 1.29 is 14.4 Å². The first-order valence-corrected chi connectivity index (χ1v) is 11.2. The van der Waals surface area contributed by atoms with Gasteiger partial charge in [0.2, 0.25) is 0 Å². The molecule has 2 N–H and O–H groups in total. The summed E-state index contributed by atoms with van der Waals surface area (Å²) in [4.78, 5) is 28.6. The third-order valence-corrected chi connectivity index (χ3v) is 6.35. The molecule has 3 aromatic rings. The van der Waals surface area contributed by atoms with Crippen molar-refractivity contribution >= 4 is 17.2 Å². The highest BCUT2D eigenvalue weighted by molar-refractivity contribution is 5.96. The van der Waals surface area contributed by atoms with E-state index in [1.54, 1.807) is 6.92 Å². The van der Waals surface area contributed by atoms with Gasteiger partial charge in [0.25, 0.3) is 11.4 Å². The number of aliphatic hydroxyl groups excluding tert-OH is 1. The Morgan fingerprint density at radius 3 is 2.52 bits per heavy atom. The minimum Gasteiger partial charge on any atom is -0.390 e. The fraction of sp³-hybridized carbons (Fsp3) is 0.320. The first-order chi connectivity index (χ1) is 16.0. The molecule has 3 heterocycles. The average molecular weight is 448 g/mol. The Kier molecular flexibility index (Phi) is 5.70. The molecule has 5 rings (SSSR count). The van der Waals surface area contributed by atoms with Gasteiger partial charge < -0.3 is 9.84 Å². The second-order valence-corrected chi connectivity index (χ2v) is 8.51. The number of amidine groups is 1. The smallest absolute Gasteiger partial charge is 0.330 e. The summed E-state index contributed by atoms with van der Waals surface area (Å²) in [6.07, 6.45) is 0.400. The quantitative estimate of drug-likeness (QED) is 0.585. The fourth-order valence-electron chi connectivity index (χ4n) is 4.65.